The van der Waals surface area contributed by atoms with Crippen LogP contribution < -0.4 is 0 Å². The molecule has 18 heavy (non-hydrogen) atoms. The molecule has 1 amide bonds. The van der Waals surface area contributed by atoms with E-state index in [1.807, 2.05) is 16.8 Å². The number of hydrogen-bond acceptors (Lipinski definition) is 3. The molecule has 3 nitrogen and oxygen atoms in total. The summed E-state index contributed by atoms with van der Waals surface area (Å²) in [4.78, 5) is 13.8. The minimum Gasteiger partial charge on any atom is -0.507 e. The zero-order valence-corrected chi connectivity index (χ0v) is 12.2. The van der Waals surface area contributed by atoms with Crippen LogP contribution in [0, 0.1) is 0 Å². The van der Waals surface area contributed by atoms with Crippen molar-refractivity contribution in [2.75, 3.05) is 7.05 Å². The Labute approximate surface area is 118 Å². The van der Waals surface area contributed by atoms with Crippen LogP contribution in [0.15, 0.2) is 39.5 Å². The summed E-state index contributed by atoms with van der Waals surface area (Å²) in [5.74, 6) is -0.194. The fourth-order valence-electron chi connectivity index (χ4n) is 1.61. The van der Waals surface area contributed by atoms with Crippen LogP contribution in [0.4, 0.5) is 0 Å². The highest BCUT2D eigenvalue weighted by molar-refractivity contribution is 9.10. The van der Waals surface area contributed by atoms with E-state index in [1.165, 1.54) is 6.07 Å². The topological polar surface area (TPSA) is 40.5 Å². The lowest BCUT2D eigenvalue weighted by molar-refractivity contribution is 0.0782. The maximum atomic E-state index is 12.2. The second-order valence-corrected chi connectivity index (χ2v) is 5.65. The van der Waals surface area contributed by atoms with Gasteiger partial charge < -0.3 is 10.0 Å². The lowest BCUT2D eigenvalue weighted by Crippen LogP contribution is -2.26. The highest BCUT2D eigenvalue weighted by Gasteiger charge is 2.16. The molecule has 1 aromatic heterocycles. The number of nitrogens with zero attached hydrogens (tertiary/aromatic N) is 1. The molecule has 0 radical (unpaired) electrons. The summed E-state index contributed by atoms with van der Waals surface area (Å²) in [5, 5.41) is 13.7. The van der Waals surface area contributed by atoms with Crippen molar-refractivity contribution in [2.24, 2.45) is 0 Å². The fourth-order valence-corrected chi connectivity index (χ4v) is 2.63. The van der Waals surface area contributed by atoms with E-state index in [9.17, 15) is 9.90 Å². The van der Waals surface area contributed by atoms with Crippen LogP contribution in [0.5, 0.6) is 5.75 Å². The first-order chi connectivity index (χ1) is 8.58. The second kappa shape index (κ2) is 5.54. The summed E-state index contributed by atoms with van der Waals surface area (Å²) in [6.07, 6.45) is 0. The van der Waals surface area contributed by atoms with E-state index >= 15 is 0 Å². The largest absolute Gasteiger partial charge is 0.507 e. The Hall–Kier alpha value is -1.33. The number of aromatic hydroxyl groups is 1. The SMILES string of the molecule is CN(Cc1ccsc1)C(=O)c1cc(Br)ccc1O. The van der Waals surface area contributed by atoms with Crippen LogP contribution in [0.1, 0.15) is 15.9 Å². The van der Waals surface area contributed by atoms with Gasteiger partial charge in [-0.15, -0.1) is 0 Å². The average molecular weight is 326 g/mol. The second-order valence-electron chi connectivity index (χ2n) is 3.95. The molecule has 0 aliphatic carbocycles. The van der Waals surface area contributed by atoms with Gasteiger partial charge in [0.25, 0.3) is 5.91 Å². The lowest BCUT2D eigenvalue weighted by Gasteiger charge is -2.17. The van der Waals surface area contributed by atoms with E-state index < -0.39 is 0 Å². The zero-order valence-electron chi connectivity index (χ0n) is 9.76. The summed E-state index contributed by atoms with van der Waals surface area (Å²) in [6.45, 7) is 0.536. The van der Waals surface area contributed by atoms with Crippen molar-refractivity contribution < 1.29 is 9.90 Å². The quantitative estimate of drug-likeness (QED) is 0.938. The van der Waals surface area contributed by atoms with E-state index in [0.717, 1.165) is 10.0 Å². The molecule has 1 heterocycles. The zero-order chi connectivity index (χ0) is 13.1. The number of halogens is 1. The normalized spacial score (nSPS) is 10.3. The van der Waals surface area contributed by atoms with Crippen LogP contribution >= 0.6 is 27.3 Å². The molecule has 0 saturated carbocycles. The summed E-state index contributed by atoms with van der Waals surface area (Å²) in [7, 11) is 1.72. The molecule has 0 fully saturated rings. The summed E-state index contributed by atoms with van der Waals surface area (Å²) < 4.78 is 0.771. The molecule has 0 bridgehead atoms. The Kier molecular flexibility index (Phi) is 4.04. The number of hydrogen-bond donors (Lipinski definition) is 1. The number of phenols is 1. The molecule has 1 aromatic carbocycles. The standard InChI is InChI=1S/C13H12BrNO2S/c1-15(7-9-4-5-18-8-9)13(17)11-6-10(14)2-3-12(11)16/h2-6,8,16H,7H2,1H3. The van der Waals surface area contributed by atoms with Gasteiger partial charge in [0.1, 0.15) is 5.75 Å². The molecule has 0 saturated heterocycles. The van der Waals surface area contributed by atoms with E-state index in [2.05, 4.69) is 15.9 Å². The van der Waals surface area contributed by atoms with E-state index in [-0.39, 0.29) is 11.7 Å². The van der Waals surface area contributed by atoms with Gasteiger partial charge in [-0.1, -0.05) is 15.9 Å². The van der Waals surface area contributed by atoms with Gasteiger partial charge in [0, 0.05) is 18.1 Å². The minimum absolute atomic E-state index is 0.000341. The van der Waals surface area contributed by atoms with Crippen LogP contribution in [0.3, 0.4) is 0 Å². The van der Waals surface area contributed by atoms with Crippen molar-refractivity contribution in [2.45, 2.75) is 6.54 Å². The number of benzene rings is 1. The van der Waals surface area contributed by atoms with Crippen LogP contribution in [0.2, 0.25) is 0 Å². The van der Waals surface area contributed by atoms with Gasteiger partial charge in [0.2, 0.25) is 0 Å². The molecule has 94 valence electrons. The number of carbonyl (C=O) groups excluding carboxylic acids is 1. The highest BCUT2D eigenvalue weighted by Crippen LogP contribution is 2.23. The molecule has 2 rings (SSSR count). The highest BCUT2D eigenvalue weighted by atomic mass is 79.9. The molecule has 0 spiro atoms. The van der Waals surface area contributed by atoms with Gasteiger partial charge in [-0.05, 0) is 40.6 Å². The van der Waals surface area contributed by atoms with Crippen molar-refractivity contribution in [3.63, 3.8) is 0 Å². The number of carbonyl (C=O) groups is 1. The minimum atomic E-state index is -0.194. The van der Waals surface area contributed by atoms with E-state index in [4.69, 9.17) is 0 Å². The van der Waals surface area contributed by atoms with Gasteiger partial charge in [0.15, 0.2) is 0 Å². The van der Waals surface area contributed by atoms with E-state index in [1.54, 1.807) is 35.4 Å². The van der Waals surface area contributed by atoms with Crippen molar-refractivity contribution >= 4 is 33.2 Å². The van der Waals surface area contributed by atoms with Gasteiger partial charge >= 0.3 is 0 Å². The summed E-state index contributed by atoms with van der Waals surface area (Å²) >= 11 is 4.89. The molecule has 5 heteroatoms. The molecule has 0 aliphatic heterocycles. The monoisotopic (exact) mass is 325 g/mol. The van der Waals surface area contributed by atoms with E-state index in [0.29, 0.717) is 12.1 Å². The Morgan fingerprint density at radius 1 is 1.44 bits per heavy atom. The number of amides is 1. The fraction of sp³-hybridized carbons (Fsp3) is 0.154. The predicted octanol–water partition coefficient (Wildman–Crippen LogP) is 3.49. The third kappa shape index (κ3) is 2.91. The number of rotatable bonds is 3. The third-order valence-electron chi connectivity index (χ3n) is 2.54. The molecule has 0 atom stereocenters. The summed E-state index contributed by atoms with van der Waals surface area (Å²) in [6, 6.07) is 6.82. The Morgan fingerprint density at radius 2 is 2.22 bits per heavy atom. The summed E-state index contributed by atoms with van der Waals surface area (Å²) in [5.41, 5.74) is 1.40. The smallest absolute Gasteiger partial charge is 0.257 e. The first kappa shape index (κ1) is 13.1. The molecule has 0 unspecified atom stereocenters. The lowest BCUT2D eigenvalue weighted by atomic mass is 10.1. The Bertz CT molecular complexity index is 554. The van der Waals surface area contributed by atoms with Crippen molar-refractivity contribution in [3.05, 3.63) is 50.6 Å². The first-order valence-electron chi connectivity index (χ1n) is 5.33. The van der Waals surface area contributed by atoms with Crippen LogP contribution in [0.25, 0.3) is 0 Å². The van der Waals surface area contributed by atoms with Crippen LogP contribution in [-0.4, -0.2) is 23.0 Å². The molecular formula is C13H12BrNO2S. The third-order valence-corrected chi connectivity index (χ3v) is 3.76. The Balaban J connectivity index is 2.17. The van der Waals surface area contributed by atoms with Gasteiger partial charge in [-0.2, -0.15) is 11.3 Å². The number of phenolic OH excluding ortho intramolecular Hbond substituents is 1. The molecule has 0 aliphatic rings. The molecular weight excluding hydrogens is 314 g/mol. The predicted molar refractivity (Wildman–Crippen MR) is 75.9 cm³/mol. The first-order valence-corrected chi connectivity index (χ1v) is 7.06. The van der Waals surface area contributed by atoms with Gasteiger partial charge in [0.05, 0.1) is 5.56 Å². The van der Waals surface area contributed by atoms with Gasteiger partial charge in [-0.25, -0.2) is 0 Å². The maximum absolute atomic E-state index is 12.2. The van der Waals surface area contributed by atoms with Crippen LogP contribution in [-0.2, 0) is 6.54 Å². The average Bonchev–Trinajstić information content (AvgIpc) is 2.84. The van der Waals surface area contributed by atoms with Crippen molar-refractivity contribution in [3.8, 4) is 5.75 Å². The van der Waals surface area contributed by atoms with Crippen molar-refractivity contribution in [1.29, 1.82) is 0 Å². The number of thiophene rings is 1. The van der Waals surface area contributed by atoms with Gasteiger partial charge in [-0.3, -0.25) is 4.79 Å². The molecule has 2 aromatic rings. The Morgan fingerprint density at radius 3 is 2.89 bits per heavy atom. The maximum Gasteiger partial charge on any atom is 0.257 e. The molecule has 1 N–H and O–H groups in total. The van der Waals surface area contributed by atoms with Crippen molar-refractivity contribution in [1.82, 2.24) is 4.90 Å².